The number of anilines is 1. The van der Waals surface area contributed by atoms with Crippen LogP contribution in [0.15, 0.2) is 29.7 Å². The Morgan fingerprint density at radius 3 is 2.79 bits per heavy atom. The van der Waals surface area contributed by atoms with Crippen molar-refractivity contribution in [1.29, 1.82) is 0 Å². The SMILES string of the molecule is O=C(O)c1cn[nH]c1S(=O)(=O)Nc1ccncc1F. The molecule has 0 saturated carbocycles. The second-order valence-electron chi connectivity index (χ2n) is 3.38. The molecule has 2 aromatic heterocycles. The fourth-order valence-corrected chi connectivity index (χ4v) is 2.44. The van der Waals surface area contributed by atoms with Gasteiger partial charge in [-0.05, 0) is 6.07 Å². The average Bonchev–Trinajstić information content (AvgIpc) is 2.82. The van der Waals surface area contributed by atoms with E-state index in [-0.39, 0.29) is 5.69 Å². The summed E-state index contributed by atoms with van der Waals surface area (Å²) in [6.45, 7) is 0. The molecular formula is C9H7FN4O4S. The zero-order chi connectivity index (χ0) is 14.0. The molecule has 0 unspecified atom stereocenters. The molecule has 0 fully saturated rings. The number of carboxylic acid groups (broad SMARTS) is 1. The van der Waals surface area contributed by atoms with Gasteiger partial charge >= 0.3 is 5.97 Å². The second-order valence-corrected chi connectivity index (χ2v) is 5.00. The van der Waals surface area contributed by atoms with Crippen molar-refractivity contribution in [3.63, 3.8) is 0 Å². The summed E-state index contributed by atoms with van der Waals surface area (Å²) in [7, 11) is -4.28. The van der Waals surface area contributed by atoms with Gasteiger partial charge in [0.05, 0.1) is 18.1 Å². The lowest BCUT2D eigenvalue weighted by Crippen LogP contribution is -2.17. The molecule has 0 aliphatic heterocycles. The Hall–Kier alpha value is -2.49. The zero-order valence-corrected chi connectivity index (χ0v) is 9.98. The van der Waals surface area contributed by atoms with Crippen molar-refractivity contribution < 1.29 is 22.7 Å². The maximum absolute atomic E-state index is 13.3. The molecule has 3 N–H and O–H groups in total. The number of nitrogens with zero attached hydrogens (tertiary/aromatic N) is 2. The minimum absolute atomic E-state index is 0.346. The van der Waals surface area contributed by atoms with Gasteiger partial charge in [-0.1, -0.05) is 0 Å². The normalized spacial score (nSPS) is 11.2. The highest BCUT2D eigenvalue weighted by Gasteiger charge is 2.25. The molecule has 0 spiro atoms. The summed E-state index contributed by atoms with van der Waals surface area (Å²) in [5, 5.41) is 13.5. The first-order chi connectivity index (χ1) is 8.92. The number of carbonyl (C=O) groups is 1. The van der Waals surface area contributed by atoms with Crippen molar-refractivity contribution in [2.24, 2.45) is 0 Å². The molecule has 0 bridgehead atoms. The van der Waals surface area contributed by atoms with E-state index in [9.17, 15) is 17.6 Å². The number of aromatic nitrogens is 3. The van der Waals surface area contributed by atoms with E-state index in [2.05, 4.69) is 10.1 Å². The maximum atomic E-state index is 13.3. The summed E-state index contributed by atoms with van der Waals surface area (Å²) in [4.78, 5) is 14.3. The van der Waals surface area contributed by atoms with Crippen LogP contribution in [-0.4, -0.2) is 34.7 Å². The van der Waals surface area contributed by atoms with Gasteiger partial charge in [0.25, 0.3) is 10.0 Å². The first-order valence-electron chi connectivity index (χ1n) is 4.81. The molecule has 19 heavy (non-hydrogen) atoms. The Morgan fingerprint density at radius 1 is 1.42 bits per heavy atom. The number of sulfonamides is 1. The van der Waals surface area contributed by atoms with Crippen LogP contribution >= 0.6 is 0 Å². The lowest BCUT2D eigenvalue weighted by atomic mass is 10.4. The number of halogens is 1. The van der Waals surface area contributed by atoms with E-state index in [1.807, 2.05) is 9.82 Å². The fraction of sp³-hybridized carbons (Fsp3) is 0. The van der Waals surface area contributed by atoms with E-state index in [0.717, 1.165) is 18.5 Å². The number of hydrogen-bond acceptors (Lipinski definition) is 5. The van der Waals surface area contributed by atoms with E-state index >= 15 is 0 Å². The molecule has 2 heterocycles. The maximum Gasteiger partial charge on any atom is 0.340 e. The van der Waals surface area contributed by atoms with Crippen molar-refractivity contribution in [3.8, 4) is 0 Å². The van der Waals surface area contributed by atoms with Gasteiger partial charge in [0, 0.05) is 6.20 Å². The molecular weight excluding hydrogens is 279 g/mol. The number of nitrogens with one attached hydrogen (secondary N) is 2. The summed E-state index contributed by atoms with van der Waals surface area (Å²) < 4.78 is 39.0. The molecule has 0 aliphatic rings. The van der Waals surface area contributed by atoms with Crippen LogP contribution in [0.4, 0.5) is 10.1 Å². The van der Waals surface area contributed by atoms with Crippen LogP contribution in [0.1, 0.15) is 10.4 Å². The van der Waals surface area contributed by atoms with Gasteiger partial charge in [0.15, 0.2) is 10.8 Å². The smallest absolute Gasteiger partial charge is 0.340 e. The van der Waals surface area contributed by atoms with Gasteiger partial charge in [0.2, 0.25) is 0 Å². The molecule has 2 rings (SSSR count). The van der Waals surface area contributed by atoms with Crippen molar-refractivity contribution in [2.75, 3.05) is 4.72 Å². The summed E-state index contributed by atoms with van der Waals surface area (Å²) in [5.74, 6) is -2.35. The molecule has 0 aliphatic carbocycles. The number of hydrogen-bond donors (Lipinski definition) is 3. The highest BCUT2D eigenvalue weighted by molar-refractivity contribution is 7.92. The van der Waals surface area contributed by atoms with Crippen LogP contribution in [0, 0.1) is 5.82 Å². The minimum Gasteiger partial charge on any atom is -0.478 e. The number of aromatic carboxylic acids is 1. The Morgan fingerprint density at radius 2 is 2.16 bits per heavy atom. The topological polar surface area (TPSA) is 125 Å². The highest BCUT2D eigenvalue weighted by atomic mass is 32.2. The Kier molecular flexibility index (Phi) is 3.17. The van der Waals surface area contributed by atoms with E-state index in [4.69, 9.17) is 5.11 Å². The predicted octanol–water partition coefficient (Wildman–Crippen LogP) is 0.443. The van der Waals surface area contributed by atoms with Gasteiger partial charge in [-0.15, -0.1) is 0 Å². The molecule has 0 aromatic carbocycles. The fourth-order valence-electron chi connectivity index (χ4n) is 1.29. The number of carboxylic acids is 1. The highest BCUT2D eigenvalue weighted by Crippen LogP contribution is 2.19. The third-order valence-corrected chi connectivity index (χ3v) is 3.46. The Labute approximate surface area is 106 Å². The van der Waals surface area contributed by atoms with Crippen LogP contribution in [-0.2, 0) is 10.0 Å². The van der Waals surface area contributed by atoms with E-state index in [1.165, 1.54) is 6.20 Å². The number of H-pyrrole nitrogens is 1. The number of aromatic amines is 1. The molecule has 10 heteroatoms. The second kappa shape index (κ2) is 4.65. The predicted molar refractivity (Wildman–Crippen MR) is 60.6 cm³/mol. The minimum atomic E-state index is -4.28. The van der Waals surface area contributed by atoms with E-state index < -0.39 is 32.4 Å². The largest absolute Gasteiger partial charge is 0.478 e. The Bertz CT molecular complexity index is 727. The summed E-state index contributed by atoms with van der Waals surface area (Å²) in [6, 6.07) is 1.10. The monoisotopic (exact) mass is 286 g/mol. The average molecular weight is 286 g/mol. The molecule has 100 valence electrons. The third kappa shape index (κ3) is 2.52. The standard InChI is InChI=1S/C9H7FN4O4S/c10-6-4-11-2-1-7(6)14-19(17,18)8-5(9(15)16)3-12-13-8/h1-4H,(H,11,14)(H,12,13)(H,15,16). The summed E-state index contributed by atoms with van der Waals surface area (Å²) >= 11 is 0. The molecule has 0 saturated heterocycles. The van der Waals surface area contributed by atoms with Crippen LogP contribution < -0.4 is 4.72 Å². The lowest BCUT2D eigenvalue weighted by molar-refractivity contribution is 0.0692. The van der Waals surface area contributed by atoms with Gasteiger partial charge < -0.3 is 5.11 Å². The first kappa shape index (κ1) is 13.0. The molecule has 0 amide bonds. The lowest BCUT2D eigenvalue weighted by Gasteiger charge is -2.07. The quantitative estimate of drug-likeness (QED) is 0.749. The van der Waals surface area contributed by atoms with Gasteiger partial charge in [-0.2, -0.15) is 13.5 Å². The third-order valence-electron chi connectivity index (χ3n) is 2.12. The van der Waals surface area contributed by atoms with Crippen LogP contribution in [0.25, 0.3) is 0 Å². The van der Waals surface area contributed by atoms with Crippen LogP contribution in [0.5, 0.6) is 0 Å². The molecule has 0 radical (unpaired) electrons. The first-order valence-corrected chi connectivity index (χ1v) is 6.29. The number of rotatable bonds is 4. The molecule has 8 nitrogen and oxygen atoms in total. The van der Waals surface area contributed by atoms with Gasteiger partial charge in [0.1, 0.15) is 5.56 Å². The van der Waals surface area contributed by atoms with Gasteiger partial charge in [-0.3, -0.25) is 14.8 Å². The van der Waals surface area contributed by atoms with E-state index in [1.54, 1.807) is 0 Å². The van der Waals surface area contributed by atoms with Crippen molar-refractivity contribution in [1.82, 2.24) is 15.2 Å². The van der Waals surface area contributed by atoms with Crippen molar-refractivity contribution in [2.45, 2.75) is 5.03 Å². The Balaban J connectivity index is 2.41. The zero-order valence-electron chi connectivity index (χ0n) is 9.16. The van der Waals surface area contributed by atoms with Crippen molar-refractivity contribution >= 4 is 21.7 Å². The van der Waals surface area contributed by atoms with Crippen LogP contribution in [0.2, 0.25) is 0 Å². The van der Waals surface area contributed by atoms with Gasteiger partial charge in [-0.25, -0.2) is 9.18 Å². The summed E-state index contributed by atoms with van der Waals surface area (Å²) in [5.41, 5.74) is -0.886. The van der Waals surface area contributed by atoms with Crippen molar-refractivity contribution in [3.05, 3.63) is 36.0 Å². The number of pyridine rings is 1. The molecule has 0 atom stereocenters. The summed E-state index contributed by atoms with van der Waals surface area (Å²) in [6.07, 6.45) is 2.86. The van der Waals surface area contributed by atoms with Crippen LogP contribution in [0.3, 0.4) is 0 Å². The molecule has 2 aromatic rings. The van der Waals surface area contributed by atoms with E-state index in [0.29, 0.717) is 0 Å².